The van der Waals surface area contributed by atoms with E-state index < -0.39 is 0 Å². The lowest BCUT2D eigenvalue weighted by Gasteiger charge is -2.33. The monoisotopic (exact) mass is 266 g/mol. The van der Waals surface area contributed by atoms with Crippen LogP contribution in [0.15, 0.2) is 0 Å². The lowest BCUT2D eigenvalue weighted by molar-refractivity contribution is -0.132. The summed E-state index contributed by atoms with van der Waals surface area (Å²) in [5.74, 6) is 0.775. The Hall–Kier alpha value is -0.570. The Morgan fingerprint density at radius 2 is 2.00 bits per heavy atom. The largest absolute Gasteiger partial charge is 0.325 e. The van der Waals surface area contributed by atoms with Gasteiger partial charge in [0.25, 0.3) is 0 Å². The number of hydrogen-bond acceptors (Lipinski definition) is 2. The van der Waals surface area contributed by atoms with E-state index in [-0.39, 0.29) is 12.2 Å². The molecule has 2 rings (SSSR count). The molecule has 3 heteroatoms. The zero-order valence-electron chi connectivity index (χ0n) is 13.0. The molecular formula is C16H30N2O. The van der Waals surface area contributed by atoms with E-state index in [0.717, 1.165) is 19.4 Å². The normalized spacial score (nSPS) is 32.0. The first-order chi connectivity index (χ1) is 9.00. The second kappa shape index (κ2) is 5.82. The lowest BCUT2D eigenvalue weighted by atomic mass is 9.88. The average molecular weight is 266 g/mol. The summed E-state index contributed by atoms with van der Waals surface area (Å²) in [6.45, 7) is 9.83. The predicted molar refractivity (Wildman–Crippen MR) is 78.7 cm³/mol. The number of carbonyl (C=O) groups is 1. The van der Waals surface area contributed by atoms with Crippen LogP contribution >= 0.6 is 0 Å². The van der Waals surface area contributed by atoms with Crippen molar-refractivity contribution in [1.29, 1.82) is 0 Å². The number of hydrogen-bond donors (Lipinski definition) is 1. The first-order valence-corrected chi connectivity index (χ1v) is 8.07. The zero-order valence-corrected chi connectivity index (χ0v) is 13.0. The minimum absolute atomic E-state index is 0.0416. The van der Waals surface area contributed by atoms with Gasteiger partial charge in [-0.1, -0.05) is 47.0 Å². The SMILES string of the molecule is CCC(C)C1NC(CC)N(CC2(C)CCCC2)C1=O. The van der Waals surface area contributed by atoms with Crippen LogP contribution in [0.1, 0.15) is 66.2 Å². The van der Waals surface area contributed by atoms with Gasteiger partial charge in [-0.05, 0) is 30.6 Å². The molecule has 0 aromatic rings. The number of carbonyl (C=O) groups excluding carboxylic acids is 1. The molecule has 0 aromatic carbocycles. The van der Waals surface area contributed by atoms with Crippen molar-refractivity contribution in [3.05, 3.63) is 0 Å². The van der Waals surface area contributed by atoms with Gasteiger partial charge in [0, 0.05) is 6.54 Å². The van der Waals surface area contributed by atoms with E-state index in [1.54, 1.807) is 0 Å². The van der Waals surface area contributed by atoms with Crippen molar-refractivity contribution >= 4 is 5.91 Å². The zero-order chi connectivity index (χ0) is 14.0. The highest BCUT2D eigenvalue weighted by Gasteiger charge is 2.43. The van der Waals surface area contributed by atoms with Crippen LogP contribution in [-0.4, -0.2) is 29.6 Å². The van der Waals surface area contributed by atoms with Gasteiger partial charge in [0.2, 0.25) is 5.91 Å². The van der Waals surface area contributed by atoms with Crippen molar-refractivity contribution in [2.45, 2.75) is 78.4 Å². The summed E-state index contributed by atoms with van der Waals surface area (Å²) in [4.78, 5) is 14.8. The van der Waals surface area contributed by atoms with Crippen molar-refractivity contribution in [1.82, 2.24) is 10.2 Å². The maximum Gasteiger partial charge on any atom is 0.241 e. The second-order valence-corrected chi connectivity index (χ2v) is 6.94. The molecular weight excluding hydrogens is 236 g/mol. The van der Waals surface area contributed by atoms with Crippen molar-refractivity contribution in [3.8, 4) is 0 Å². The van der Waals surface area contributed by atoms with Gasteiger partial charge < -0.3 is 4.90 Å². The molecule has 1 N–H and O–H groups in total. The topological polar surface area (TPSA) is 32.3 Å². The molecule has 1 heterocycles. The third-order valence-corrected chi connectivity index (χ3v) is 5.26. The highest BCUT2D eigenvalue weighted by molar-refractivity contribution is 5.84. The summed E-state index contributed by atoms with van der Waals surface area (Å²) < 4.78 is 0. The molecule has 3 nitrogen and oxygen atoms in total. The van der Waals surface area contributed by atoms with E-state index in [9.17, 15) is 4.79 Å². The summed E-state index contributed by atoms with van der Waals surface area (Å²) in [7, 11) is 0. The van der Waals surface area contributed by atoms with Gasteiger partial charge in [-0.3, -0.25) is 10.1 Å². The van der Waals surface area contributed by atoms with Gasteiger partial charge in [-0.15, -0.1) is 0 Å². The van der Waals surface area contributed by atoms with Crippen LogP contribution in [-0.2, 0) is 4.79 Å². The maximum atomic E-state index is 12.7. The molecule has 1 amide bonds. The van der Waals surface area contributed by atoms with E-state index in [1.165, 1.54) is 25.7 Å². The summed E-state index contributed by atoms with van der Waals surface area (Å²) in [5, 5.41) is 3.56. The van der Waals surface area contributed by atoms with Crippen LogP contribution < -0.4 is 5.32 Å². The highest BCUT2D eigenvalue weighted by atomic mass is 16.2. The van der Waals surface area contributed by atoms with Crippen molar-refractivity contribution in [2.24, 2.45) is 11.3 Å². The number of nitrogens with zero attached hydrogens (tertiary/aromatic N) is 1. The highest BCUT2D eigenvalue weighted by Crippen LogP contribution is 2.39. The van der Waals surface area contributed by atoms with Gasteiger partial charge in [0.05, 0.1) is 12.2 Å². The summed E-state index contributed by atoms with van der Waals surface area (Å²) in [5.41, 5.74) is 0.356. The van der Waals surface area contributed by atoms with Gasteiger partial charge in [-0.25, -0.2) is 0 Å². The Kier molecular flexibility index (Phi) is 4.54. The molecule has 0 radical (unpaired) electrons. The van der Waals surface area contributed by atoms with Gasteiger partial charge in [0.15, 0.2) is 0 Å². The van der Waals surface area contributed by atoms with Crippen LogP contribution in [0, 0.1) is 11.3 Å². The molecule has 0 spiro atoms. The van der Waals surface area contributed by atoms with E-state index in [4.69, 9.17) is 0 Å². The molecule has 2 aliphatic rings. The number of amides is 1. The lowest BCUT2D eigenvalue weighted by Crippen LogP contribution is -2.42. The quantitative estimate of drug-likeness (QED) is 0.829. The summed E-state index contributed by atoms with van der Waals surface area (Å²) in [6, 6.07) is 0.0416. The summed E-state index contributed by atoms with van der Waals surface area (Å²) in [6.07, 6.45) is 7.54. The molecule has 19 heavy (non-hydrogen) atoms. The Bertz CT molecular complexity index is 323. The average Bonchev–Trinajstić information content (AvgIpc) is 2.95. The van der Waals surface area contributed by atoms with Crippen molar-refractivity contribution in [3.63, 3.8) is 0 Å². The summed E-state index contributed by atoms with van der Waals surface area (Å²) >= 11 is 0. The smallest absolute Gasteiger partial charge is 0.241 e. The fourth-order valence-corrected chi connectivity index (χ4v) is 3.67. The van der Waals surface area contributed by atoms with Crippen LogP contribution in [0.5, 0.6) is 0 Å². The first-order valence-electron chi connectivity index (χ1n) is 8.07. The molecule has 1 aliphatic carbocycles. The molecule has 1 saturated heterocycles. The first kappa shape index (κ1) is 14.8. The van der Waals surface area contributed by atoms with E-state index in [2.05, 4.69) is 37.9 Å². The van der Waals surface area contributed by atoms with Crippen LogP contribution in [0.25, 0.3) is 0 Å². The standard InChI is InChI=1S/C16H30N2O/c1-5-12(3)14-15(19)18(13(6-2)17-14)11-16(4)9-7-8-10-16/h12-14,17H,5-11H2,1-4H3. The number of nitrogens with one attached hydrogen (secondary N) is 1. The predicted octanol–water partition coefficient (Wildman–Crippen LogP) is 3.15. The van der Waals surface area contributed by atoms with E-state index in [1.807, 2.05) is 0 Å². The molecule has 1 aliphatic heterocycles. The molecule has 3 unspecified atom stereocenters. The van der Waals surface area contributed by atoms with Crippen LogP contribution in [0.2, 0.25) is 0 Å². The maximum absolute atomic E-state index is 12.7. The third kappa shape index (κ3) is 2.96. The third-order valence-electron chi connectivity index (χ3n) is 5.26. The minimum atomic E-state index is 0.0416. The second-order valence-electron chi connectivity index (χ2n) is 6.94. The van der Waals surface area contributed by atoms with Gasteiger partial charge in [-0.2, -0.15) is 0 Å². The molecule has 0 bridgehead atoms. The van der Waals surface area contributed by atoms with Crippen molar-refractivity contribution < 1.29 is 4.79 Å². The van der Waals surface area contributed by atoms with E-state index >= 15 is 0 Å². The minimum Gasteiger partial charge on any atom is -0.325 e. The molecule has 1 saturated carbocycles. The van der Waals surface area contributed by atoms with Crippen molar-refractivity contribution in [2.75, 3.05) is 6.54 Å². The Labute approximate surface area is 118 Å². The molecule has 0 aromatic heterocycles. The molecule has 3 atom stereocenters. The van der Waals surface area contributed by atoms with Crippen LogP contribution in [0.3, 0.4) is 0 Å². The van der Waals surface area contributed by atoms with Gasteiger partial charge in [0.1, 0.15) is 0 Å². The Balaban J connectivity index is 2.07. The fourth-order valence-electron chi connectivity index (χ4n) is 3.67. The molecule has 110 valence electrons. The van der Waals surface area contributed by atoms with E-state index in [0.29, 0.717) is 17.2 Å². The Morgan fingerprint density at radius 1 is 1.37 bits per heavy atom. The van der Waals surface area contributed by atoms with Crippen LogP contribution in [0.4, 0.5) is 0 Å². The Morgan fingerprint density at radius 3 is 2.53 bits per heavy atom. The van der Waals surface area contributed by atoms with Gasteiger partial charge >= 0.3 is 0 Å². The fraction of sp³-hybridized carbons (Fsp3) is 0.938. The number of rotatable bonds is 5. The molecule has 2 fully saturated rings.